The molecule has 1 aromatic heterocycles. The van der Waals surface area contributed by atoms with Crippen molar-refractivity contribution in [1.29, 1.82) is 0 Å². The molecular formula is C8H11NO4S. The van der Waals surface area contributed by atoms with Crippen LogP contribution in [-0.4, -0.2) is 30.8 Å². The lowest BCUT2D eigenvalue weighted by Crippen LogP contribution is -2.06. The van der Waals surface area contributed by atoms with Crippen molar-refractivity contribution in [2.45, 2.75) is 6.42 Å². The van der Waals surface area contributed by atoms with Gasteiger partial charge in [-0.15, -0.1) is 0 Å². The lowest BCUT2D eigenvalue weighted by atomic mass is 10.2. The van der Waals surface area contributed by atoms with Gasteiger partial charge in [0.15, 0.2) is 0 Å². The number of ether oxygens (including phenoxy) is 1. The number of pyridine rings is 1. The molecule has 1 heterocycles. The van der Waals surface area contributed by atoms with Gasteiger partial charge in [-0.2, -0.15) is 8.42 Å². The molecule has 0 aromatic carbocycles. The molecule has 1 aromatic rings. The lowest BCUT2D eigenvalue weighted by molar-refractivity contribution is 0.397. The van der Waals surface area contributed by atoms with Crippen LogP contribution < -0.4 is 4.74 Å². The van der Waals surface area contributed by atoms with E-state index >= 15 is 0 Å². The fraction of sp³-hybridized carbons (Fsp3) is 0.375. The first-order valence-corrected chi connectivity index (χ1v) is 5.56. The van der Waals surface area contributed by atoms with Crippen LogP contribution >= 0.6 is 0 Å². The third-order valence-electron chi connectivity index (χ3n) is 1.66. The summed E-state index contributed by atoms with van der Waals surface area (Å²) in [4.78, 5) is 3.90. The molecule has 0 aliphatic heterocycles. The Morgan fingerprint density at radius 3 is 2.64 bits per heavy atom. The van der Waals surface area contributed by atoms with Crippen LogP contribution in [0.1, 0.15) is 5.56 Å². The van der Waals surface area contributed by atoms with E-state index in [0.717, 1.165) is 5.56 Å². The van der Waals surface area contributed by atoms with Gasteiger partial charge in [0.25, 0.3) is 10.1 Å². The van der Waals surface area contributed by atoms with Crippen LogP contribution in [0.5, 0.6) is 5.88 Å². The van der Waals surface area contributed by atoms with Crippen molar-refractivity contribution in [3.05, 3.63) is 23.9 Å². The Labute approximate surface area is 82.5 Å². The van der Waals surface area contributed by atoms with E-state index < -0.39 is 10.1 Å². The third kappa shape index (κ3) is 3.71. The minimum absolute atomic E-state index is 0.246. The molecule has 0 spiro atoms. The lowest BCUT2D eigenvalue weighted by Gasteiger charge is -2.00. The molecular weight excluding hydrogens is 206 g/mol. The summed E-state index contributed by atoms with van der Waals surface area (Å²) in [5, 5.41) is 0. The average molecular weight is 217 g/mol. The second-order valence-electron chi connectivity index (χ2n) is 2.74. The topological polar surface area (TPSA) is 76.5 Å². The van der Waals surface area contributed by atoms with Crippen molar-refractivity contribution in [2.75, 3.05) is 12.9 Å². The molecule has 6 heteroatoms. The van der Waals surface area contributed by atoms with Gasteiger partial charge in [0.1, 0.15) is 0 Å². The maximum absolute atomic E-state index is 10.4. The molecule has 1 N–H and O–H groups in total. The summed E-state index contributed by atoms with van der Waals surface area (Å²) in [7, 11) is -2.40. The second kappa shape index (κ2) is 4.39. The zero-order valence-corrected chi connectivity index (χ0v) is 8.49. The summed E-state index contributed by atoms with van der Waals surface area (Å²) < 4.78 is 34.2. The monoisotopic (exact) mass is 217 g/mol. The van der Waals surface area contributed by atoms with Crippen molar-refractivity contribution >= 4 is 10.1 Å². The van der Waals surface area contributed by atoms with E-state index in [0.29, 0.717) is 5.88 Å². The van der Waals surface area contributed by atoms with Crippen molar-refractivity contribution in [3.8, 4) is 5.88 Å². The van der Waals surface area contributed by atoms with Crippen LogP contribution in [0.4, 0.5) is 0 Å². The smallest absolute Gasteiger partial charge is 0.265 e. The van der Waals surface area contributed by atoms with E-state index in [4.69, 9.17) is 9.29 Å². The first-order valence-electron chi connectivity index (χ1n) is 3.95. The third-order valence-corrected chi connectivity index (χ3v) is 2.38. The Morgan fingerprint density at radius 1 is 1.50 bits per heavy atom. The highest BCUT2D eigenvalue weighted by Crippen LogP contribution is 2.07. The Morgan fingerprint density at radius 2 is 2.21 bits per heavy atom. The van der Waals surface area contributed by atoms with Crippen molar-refractivity contribution in [2.24, 2.45) is 0 Å². The molecule has 5 nitrogen and oxygen atoms in total. The molecule has 78 valence electrons. The Kier molecular flexibility index (Phi) is 3.43. The number of hydrogen-bond acceptors (Lipinski definition) is 4. The molecule has 1 rings (SSSR count). The SMILES string of the molecule is COc1ccc(CCS(=O)(=O)O)cn1. The van der Waals surface area contributed by atoms with E-state index in [1.807, 2.05) is 0 Å². The van der Waals surface area contributed by atoms with Gasteiger partial charge in [-0.05, 0) is 12.0 Å². The van der Waals surface area contributed by atoms with E-state index in [-0.39, 0.29) is 12.2 Å². The minimum atomic E-state index is -3.90. The molecule has 0 radical (unpaired) electrons. The largest absolute Gasteiger partial charge is 0.481 e. The fourth-order valence-corrected chi connectivity index (χ4v) is 1.42. The molecule has 0 fully saturated rings. The van der Waals surface area contributed by atoms with E-state index in [1.54, 1.807) is 12.1 Å². The zero-order chi connectivity index (χ0) is 10.6. The number of aryl methyl sites for hydroxylation is 1. The average Bonchev–Trinajstić information content (AvgIpc) is 2.14. The van der Waals surface area contributed by atoms with Crippen LogP contribution in [-0.2, 0) is 16.5 Å². The highest BCUT2D eigenvalue weighted by atomic mass is 32.2. The molecule has 0 amide bonds. The number of hydrogen-bond donors (Lipinski definition) is 1. The van der Waals surface area contributed by atoms with Crippen LogP contribution in [0.15, 0.2) is 18.3 Å². The highest BCUT2D eigenvalue weighted by molar-refractivity contribution is 7.85. The maximum Gasteiger partial charge on any atom is 0.265 e. The van der Waals surface area contributed by atoms with Gasteiger partial charge < -0.3 is 4.74 Å². The maximum atomic E-state index is 10.4. The summed E-state index contributed by atoms with van der Waals surface area (Å²) in [6, 6.07) is 3.34. The Balaban J connectivity index is 2.61. The van der Waals surface area contributed by atoms with Crippen LogP contribution in [0.25, 0.3) is 0 Å². The summed E-state index contributed by atoms with van der Waals surface area (Å²) in [5.41, 5.74) is 0.739. The van der Waals surface area contributed by atoms with Gasteiger partial charge in [-0.1, -0.05) is 6.07 Å². The summed E-state index contributed by atoms with van der Waals surface area (Å²) in [6.45, 7) is 0. The molecule has 0 aliphatic rings. The molecule has 0 aliphatic carbocycles. The summed E-state index contributed by atoms with van der Waals surface area (Å²) >= 11 is 0. The Hall–Kier alpha value is -1.14. The van der Waals surface area contributed by atoms with Crippen LogP contribution in [0, 0.1) is 0 Å². The first kappa shape index (κ1) is 10.9. The van der Waals surface area contributed by atoms with Gasteiger partial charge in [0.05, 0.1) is 12.9 Å². The van der Waals surface area contributed by atoms with E-state index in [2.05, 4.69) is 4.98 Å². The number of nitrogens with zero attached hydrogens (tertiary/aromatic N) is 1. The standard InChI is InChI=1S/C8H11NO4S/c1-13-8-3-2-7(6-9-8)4-5-14(10,11)12/h2-3,6H,4-5H2,1H3,(H,10,11,12). The van der Waals surface area contributed by atoms with E-state index in [9.17, 15) is 8.42 Å². The first-order chi connectivity index (χ1) is 6.51. The summed E-state index contributed by atoms with van der Waals surface area (Å²) in [5.74, 6) is 0.182. The normalized spacial score (nSPS) is 11.3. The number of rotatable bonds is 4. The number of aromatic nitrogens is 1. The van der Waals surface area contributed by atoms with Crippen molar-refractivity contribution in [1.82, 2.24) is 4.98 Å². The quantitative estimate of drug-likeness (QED) is 0.744. The second-order valence-corrected chi connectivity index (χ2v) is 4.32. The van der Waals surface area contributed by atoms with E-state index in [1.165, 1.54) is 13.3 Å². The van der Waals surface area contributed by atoms with Crippen molar-refractivity contribution in [3.63, 3.8) is 0 Å². The predicted octanol–water partition coefficient (Wildman–Crippen LogP) is 0.520. The molecule has 0 saturated heterocycles. The summed E-state index contributed by atoms with van der Waals surface area (Å²) in [6.07, 6.45) is 1.76. The fourth-order valence-electron chi connectivity index (χ4n) is 0.926. The van der Waals surface area contributed by atoms with Gasteiger partial charge in [-0.25, -0.2) is 4.98 Å². The number of methoxy groups -OCH3 is 1. The molecule has 0 atom stereocenters. The van der Waals surface area contributed by atoms with Gasteiger partial charge in [-0.3, -0.25) is 4.55 Å². The van der Waals surface area contributed by atoms with Crippen LogP contribution in [0.2, 0.25) is 0 Å². The predicted molar refractivity (Wildman–Crippen MR) is 50.9 cm³/mol. The minimum Gasteiger partial charge on any atom is -0.481 e. The zero-order valence-electron chi connectivity index (χ0n) is 7.67. The molecule has 14 heavy (non-hydrogen) atoms. The molecule has 0 bridgehead atoms. The van der Waals surface area contributed by atoms with Gasteiger partial charge in [0, 0.05) is 12.3 Å². The highest BCUT2D eigenvalue weighted by Gasteiger charge is 2.05. The van der Waals surface area contributed by atoms with Gasteiger partial charge >= 0.3 is 0 Å². The van der Waals surface area contributed by atoms with Crippen LogP contribution in [0.3, 0.4) is 0 Å². The molecule has 0 unspecified atom stereocenters. The molecule has 0 saturated carbocycles. The van der Waals surface area contributed by atoms with Crippen molar-refractivity contribution < 1.29 is 17.7 Å². The Bertz CT molecular complexity index is 384. The van der Waals surface area contributed by atoms with Gasteiger partial charge in [0.2, 0.25) is 5.88 Å².